The highest BCUT2D eigenvalue weighted by molar-refractivity contribution is 8.00. The van der Waals surface area contributed by atoms with Gasteiger partial charge in [-0.3, -0.25) is 0 Å². The van der Waals surface area contributed by atoms with Gasteiger partial charge in [0, 0.05) is 16.2 Å². The van der Waals surface area contributed by atoms with Crippen LogP contribution in [-0.2, 0) is 0 Å². The van der Waals surface area contributed by atoms with E-state index >= 15 is 0 Å². The fourth-order valence-electron chi connectivity index (χ4n) is 2.02. The van der Waals surface area contributed by atoms with E-state index in [0.29, 0.717) is 11.3 Å². The second-order valence-corrected chi connectivity index (χ2v) is 6.08. The summed E-state index contributed by atoms with van der Waals surface area (Å²) in [4.78, 5) is 1.42. The molecule has 1 N–H and O–H groups in total. The minimum absolute atomic E-state index is 0.602. The summed E-state index contributed by atoms with van der Waals surface area (Å²) in [5.41, 5.74) is 2.74. The Labute approximate surface area is 110 Å². The van der Waals surface area contributed by atoms with Crippen LogP contribution in [-0.4, -0.2) is 17.8 Å². The third-order valence-electron chi connectivity index (χ3n) is 3.13. The van der Waals surface area contributed by atoms with E-state index in [0.717, 1.165) is 6.54 Å². The lowest BCUT2D eigenvalue weighted by Crippen LogP contribution is -2.35. The van der Waals surface area contributed by atoms with Crippen molar-refractivity contribution in [1.82, 2.24) is 5.32 Å². The first-order valence-electron chi connectivity index (χ1n) is 6.55. The number of aryl methyl sites for hydroxylation is 2. The lowest BCUT2D eigenvalue weighted by Gasteiger charge is -2.23. The molecule has 0 aliphatic rings. The zero-order valence-corrected chi connectivity index (χ0v) is 12.5. The van der Waals surface area contributed by atoms with E-state index < -0.39 is 0 Å². The van der Waals surface area contributed by atoms with Gasteiger partial charge < -0.3 is 5.32 Å². The van der Waals surface area contributed by atoms with Gasteiger partial charge in [0.1, 0.15) is 0 Å². The Bertz CT molecular complexity index is 349. The van der Waals surface area contributed by atoms with Gasteiger partial charge >= 0.3 is 0 Å². The second kappa shape index (κ2) is 7.07. The Kier molecular flexibility index (Phi) is 6.07. The summed E-state index contributed by atoms with van der Waals surface area (Å²) in [6, 6.07) is 7.31. The molecule has 0 saturated carbocycles. The first kappa shape index (κ1) is 14.6. The molecule has 17 heavy (non-hydrogen) atoms. The molecule has 0 fully saturated rings. The van der Waals surface area contributed by atoms with E-state index in [1.54, 1.807) is 0 Å². The average molecular weight is 251 g/mol. The average Bonchev–Trinajstić information content (AvgIpc) is 2.30. The molecule has 0 aliphatic carbocycles. The third kappa shape index (κ3) is 4.36. The van der Waals surface area contributed by atoms with Crippen molar-refractivity contribution in [1.29, 1.82) is 0 Å². The predicted octanol–water partition coefficient (Wildman–Crippen LogP) is 4.17. The molecule has 0 spiro atoms. The van der Waals surface area contributed by atoms with Crippen molar-refractivity contribution in [2.45, 2.75) is 57.2 Å². The molecule has 0 saturated heterocycles. The van der Waals surface area contributed by atoms with Crippen LogP contribution in [0.1, 0.15) is 38.3 Å². The zero-order chi connectivity index (χ0) is 12.8. The standard InChI is InChI=1S/C15H25NS/c1-6-14(16-7-2)13(5)17-15-10-11(3)8-9-12(15)4/h8-10,13-14,16H,6-7H2,1-5H3. The lowest BCUT2D eigenvalue weighted by molar-refractivity contribution is 0.509. The summed E-state index contributed by atoms with van der Waals surface area (Å²) in [5.74, 6) is 0. The summed E-state index contributed by atoms with van der Waals surface area (Å²) in [6.07, 6.45) is 1.19. The Morgan fingerprint density at radius 2 is 1.94 bits per heavy atom. The van der Waals surface area contributed by atoms with Crippen LogP contribution in [0.4, 0.5) is 0 Å². The van der Waals surface area contributed by atoms with E-state index in [4.69, 9.17) is 0 Å². The lowest BCUT2D eigenvalue weighted by atomic mass is 10.1. The molecule has 2 heteroatoms. The third-order valence-corrected chi connectivity index (χ3v) is 4.52. The molecule has 96 valence electrons. The minimum Gasteiger partial charge on any atom is -0.313 e. The summed E-state index contributed by atoms with van der Waals surface area (Å²) < 4.78 is 0. The minimum atomic E-state index is 0.602. The Morgan fingerprint density at radius 1 is 1.24 bits per heavy atom. The fraction of sp³-hybridized carbons (Fsp3) is 0.600. The van der Waals surface area contributed by atoms with E-state index in [1.807, 2.05) is 11.8 Å². The molecule has 2 unspecified atom stereocenters. The summed E-state index contributed by atoms with van der Waals surface area (Å²) in [7, 11) is 0. The van der Waals surface area contributed by atoms with E-state index in [1.165, 1.54) is 22.4 Å². The van der Waals surface area contributed by atoms with Crippen LogP contribution in [0.5, 0.6) is 0 Å². The highest BCUT2D eigenvalue weighted by Crippen LogP contribution is 2.29. The molecule has 0 amide bonds. The van der Waals surface area contributed by atoms with E-state index in [-0.39, 0.29) is 0 Å². The van der Waals surface area contributed by atoms with Crippen LogP contribution in [0, 0.1) is 13.8 Å². The number of nitrogens with one attached hydrogen (secondary N) is 1. The monoisotopic (exact) mass is 251 g/mol. The SMILES string of the molecule is CCNC(CC)C(C)Sc1cc(C)ccc1C. The van der Waals surface area contributed by atoms with Crippen molar-refractivity contribution in [2.24, 2.45) is 0 Å². The summed E-state index contributed by atoms with van der Waals surface area (Å²) >= 11 is 1.99. The largest absolute Gasteiger partial charge is 0.313 e. The van der Waals surface area contributed by atoms with Crippen LogP contribution >= 0.6 is 11.8 Å². The van der Waals surface area contributed by atoms with E-state index in [9.17, 15) is 0 Å². The fourth-order valence-corrected chi connectivity index (χ4v) is 3.38. The molecule has 1 aromatic rings. The van der Waals surface area contributed by atoms with Crippen LogP contribution in [0.15, 0.2) is 23.1 Å². The molecule has 0 heterocycles. The molecule has 1 nitrogen and oxygen atoms in total. The van der Waals surface area contributed by atoms with Crippen molar-refractivity contribution >= 4 is 11.8 Å². The molecule has 1 aromatic carbocycles. The molecule has 0 radical (unpaired) electrons. The summed E-state index contributed by atoms with van der Waals surface area (Å²) in [6.45, 7) is 12.2. The molecule has 0 aromatic heterocycles. The Morgan fingerprint density at radius 3 is 2.53 bits per heavy atom. The van der Waals surface area contributed by atoms with Crippen LogP contribution < -0.4 is 5.32 Å². The number of hydrogen-bond acceptors (Lipinski definition) is 2. The molecular formula is C15H25NS. The molecule has 0 bridgehead atoms. The van der Waals surface area contributed by atoms with Gasteiger partial charge in [-0.1, -0.05) is 38.5 Å². The second-order valence-electron chi connectivity index (χ2n) is 4.66. The highest BCUT2D eigenvalue weighted by Gasteiger charge is 2.16. The van der Waals surface area contributed by atoms with E-state index in [2.05, 4.69) is 58.1 Å². The smallest absolute Gasteiger partial charge is 0.0220 e. The van der Waals surface area contributed by atoms with Crippen LogP contribution in [0.2, 0.25) is 0 Å². The maximum atomic E-state index is 3.57. The molecule has 0 aliphatic heterocycles. The highest BCUT2D eigenvalue weighted by atomic mass is 32.2. The van der Waals surface area contributed by atoms with Crippen LogP contribution in [0.3, 0.4) is 0 Å². The number of hydrogen-bond donors (Lipinski definition) is 1. The predicted molar refractivity (Wildman–Crippen MR) is 79.0 cm³/mol. The molecule has 2 atom stereocenters. The maximum absolute atomic E-state index is 3.57. The van der Waals surface area contributed by atoms with Gasteiger partial charge in [0.25, 0.3) is 0 Å². The number of benzene rings is 1. The van der Waals surface area contributed by atoms with Gasteiger partial charge in [-0.2, -0.15) is 0 Å². The van der Waals surface area contributed by atoms with Crippen molar-refractivity contribution in [3.8, 4) is 0 Å². The summed E-state index contributed by atoms with van der Waals surface area (Å²) in [5, 5.41) is 4.18. The van der Waals surface area contributed by atoms with Gasteiger partial charge in [0.2, 0.25) is 0 Å². The van der Waals surface area contributed by atoms with Gasteiger partial charge in [-0.05, 0) is 38.4 Å². The Hall–Kier alpha value is -0.470. The quantitative estimate of drug-likeness (QED) is 0.762. The first-order valence-corrected chi connectivity index (χ1v) is 7.43. The van der Waals surface area contributed by atoms with Gasteiger partial charge in [0.05, 0.1) is 0 Å². The molecule has 1 rings (SSSR count). The molecular weight excluding hydrogens is 226 g/mol. The van der Waals surface area contributed by atoms with Crippen molar-refractivity contribution in [2.75, 3.05) is 6.54 Å². The number of rotatable bonds is 6. The first-order chi connectivity index (χ1) is 8.08. The zero-order valence-electron chi connectivity index (χ0n) is 11.7. The maximum Gasteiger partial charge on any atom is 0.0220 e. The van der Waals surface area contributed by atoms with Crippen molar-refractivity contribution < 1.29 is 0 Å². The van der Waals surface area contributed by atoms with Gasteiger partial charge in [-0.25, -0.2) is 0 Å². The normalized spacial score (nSPS) is 14.6. The van der Waals surface area contributed by atoms with Gasteiger partial charge in [-0.15, -0.1) is 11.8 Å². The number of thioether (sulfide) groups is 1. The van der Waals surface area contributed by atoms with Crippen molar-refractivity contribution in [3.05, 3.63) is 29.3 Å². The van der Waals surface area contributed by atoms with Gasteiger partial charge in [0.15, 0.2) is 0 Å². The van der Waals surface area contributed by atoms with Crippen molar-refractivity contribution in [3.63, 3.8) is 0 Å². The topological polar surface area (TPSA) is 12.0 Å². The Balaban J connectivity index is 2.72. The van der Waals surface area contributed by atoms with Crippen LogP contribution in [0.25, 0.3) is 0 Å².